The Kier molecular flexibility index (Phi) is 5.00. The zero-order chi connectivity index (χ0) is 17.8. The molecule has 2 aromatic rings. The Morgan fingerprint density at radius 2 is 2.04 bits per heavy atom. The molecule has 2 aromatic carbocycles. The van der Waals surface area contributed by atoms with Gasteiger partial charge in [0.25, 0.3) is 5.91 Å². The quantitative estimate of drug-likeness (QED) is 0.876. The van der Waals surface area contributed by atoms with Crippen LogP contribution >= 0.6 is 0 Å². The second-order valence-electron chi connectivity index (χ2n) is 5.92. The van der Waals surface area contributed by atoms with Gasteiger partial charge in [-0.3, -0.25) is 14.5 Å². The molecule has 1 unspecified atom stereocenters. The number of nitrogens with one attached hydrogen (secondary N) is 1. The number of para-hydroxylation sites is 1. The lowest BCUT2D eigenvalue weighted by Gasteiger charge is -2.29. The van der Waals surface area contributed by atoms with Gasteiger partial charge in [0.15, 0.2) is 6.61 Å². The third kappa shape index (κ3) is 3.80. The maximum Gasteiger partial charge on any atom is 0.265 e. The molecule has 0 fully saturated rings. The molecule has 0 aliphatic carbocycles. The smallest absolute Gasteiger partial charge is 0.265 e. The van der Waals surface area contributed by atoms with Crippen LogP contribution in [0.15, 0.2) is 48.5 Å². The van der Waals surface area contributed by atoms with Crippen molar-refractivity contribution in [2.45, 2.75) is 19.4 Å². The summed E-state index contributed by atoms with van der Waals surface area (Å²) in [5.41, 5.74) is 8.27. The molecule has 0 radical (unpaired) electrons. The second kappa shape index (κ2) is 7.36. The number of nitrogens with two attached hydrogens (primary N) is 1. The Hall–Kier alpha value is -2.86. The molecule has 1 atom stereocenters. The average Bonchev–Trinajstić information content (AvgIpc) is 2.64. The number of hydrogen-bond donors (Lipinski definition) is 2. The molecule has 3 N–H and O–H groups in total. The van der Waals surface area contributed by atoms with E-state index < -0.39 is 0 Å². The van der Waals surface area contributed by atoms with Crippen LogP contribution < -0.4 is 20.7 Å². The van der Waals surface area contributed by atoms with Gasteiger partial charge in [0.05, 0.1) is 5.69 Å². The van der Waals surface area contributed by atoms with E-state index in [1.165, 1.54) is 4.90 Å². The number of carbonyl (C=O) groups is 2. The lowest BCUT2D eigenvalue weighted by atomic mass is 10.0. The molecule has 0 saturated heterocycles. The lowest BCUT2D eigenvalue weighted by molar-refractivity contribution is -0.123. The Bertz CT molecular complexity index is 777. The summed E-state index contributed by atoms with van der Waals surface area (Å²) in [4.78, 5) is 26.1. The van der Waals surface area contributed by atoms with Crippen molar-refractivity contribution in [1.29, 1.82) is 0 Å². The van der Waals surface area contributed by atoms with Crippen molar-refractivity contribution in [3.05, 3.63) is 54.1 Å². The van der Waals surface area contributed by atoms with Crippen LogP contribution in [0.25, 0.3) is 0 Å². The van der Waals surface area contributed by atoms with Crippen molar-refractivity contribution in [3.63, 3.8) is 0 Å². The van der Waals surface area contributed by atoms with Crippen LogP contribution in [0.3, 0.4) is 0 Å². The molecule has 0 aromatic heterocycles. The standard InChI is InChI=1S/C19H21N3O3/c1-2-15(20)13-8-9-17-16(10-13)22(19(24)12-25-17)11-18(23)21-14-6-4-3-5-7-14/h3-10,15H,2,11-12,20H2,1H3,(H,21,23). The maximum absolute atomic E-state index is 12.3. The molecule has 3 rings (SSSR count). The fourth-order valence-corrected chi connectivity index (χ4v) is 2.72. The van der Waals surface area contributed by atoms with E-state index in [-0.39, 0.29) is 31.0 Å². The van der Waals surface area contributed by atoms with Gasteiger partial charge in [-0.25, -0.2) is 0 Å². The van der Waals surface area contributed by atoms with Crippen molar-refractivity contribution >= 4 is 23.2 Å². The largest absolute Gasteiger partial charge is 0.482 e. The summed E-state index contributed by atoms with van der Waals surface area (Å²) >= 11 is 0. The fourth-order valence-electron chi connectivity index (χ4n) is 2.72. The van der Waals surface area contributed by atoms with Gasteiger partial charge in [-0.2, -0.15) is 0 Å². The normalized spacial score (nSPS) is 14.5. The summed E-state index contributed by atoms with van der Waals surface area (Å²) in [6.07, 6.45) is 0.780. The number of fused-ring (bicyclic) bond motifs is 1. The number of ether oxygens (including phenoxy) is 1. The third-order valence-corrected chi connectivity index (χ3v) is 4.15. The van der Waals surface area contributed by atoms with E-state index in [1.807, 2.05) is 37.3 Å². The monoisotopic (exact) mass is 339 g/mol. The first-order chi connectivity index (χ1) is 12.1. The average molecular weight is 339 g/mol. The molecule has 1 aliphatic rings. The second-order valence-corrected chi connectivity index (χ2v) is 5.92. The van der Waals surface area contributed by atoms with Crippen LogP contribution in [0.2, 0.25) is 0 Å². The van der Waals surface area contributed by atoms with Gasteiger partial charge < -0.3 is 15.8 Å². The van der Waals surface area contributed by atoms with Crippen molar-refractivity contribution in [3.8, 4) is 5.75 Å². The molecule has 0 bridgehead atoms. The zero-order valence-electron chi connectivity index (χ0n) is 14.1. The highest BCUT2D eigenvalue weighted by Crippen LogP contribution is 2.34. The molecule has 1 heterocycles. The minimum absolute atomic E-state index is 0.0745. The van der Waals surface area contributed by atoms with E-state index in [0.29, 0.717) is 17.1 Å². The van der Waals surface area contributed by atoms with Gasteiger partial charge in [0, 0.05) is 11.7 Å². The van der Waals surface area contributed by atoms with Crippen molar-refractivity contribution in [1.82, 2.24) is 0 Å². The number of anilines is 2. The van der Waals surface area contributed by atoms with Crippen LogP contribution in [0, 0.1) is 0 Å². The number of carbonyl (C=O) groups excluding carboxylic acids is 2. The highest BCUT2D eigenvalue weighted by molar-refractivity contribution is 6.05. The Balaban J connectivity index is 1.81. The summed E-state index contributed by atoms with van der Waals surface area (Å²) in [5, 5.41) is 2.79. The molecule has 25 heavy (non-hydrogen) atoms. The fraction of sp³-hybridized carbons (Fsp3) is 0.263. The topological polar surface area (TPSA) is 84.7 Å². The molecule has 2 amide bonds. The lowest BCUT2D eigenvalue weighted by Crippen LogP contribution is -2.43. The van der Waals surface area contributed by atoms with E-state index in [2.05, 4.69) is 5.32 Å². The molecule has 1 aliphatic heterocycles. The molecule has 6 nitrogen and oxygen atoms in total. The molecule has 0 saturated carbocycles. The Morgan fingerprint density at radius 1 is 1.28 bits per heavy atom. The van der Waals surface area contributed by atoms with Gasteiger partial charge in [-0.15, -0.1) is 0 Å². The summed E-state index contributed by atoms with van der Waals surface area (Å²) in [6.45, 7) is 1.84. The molecule has 130 valence electrons. The van der Waals surface area contributed by atoms with Crippen molar-refractivity contribution in [2.24, 2.45) is 5.73 Å². The summed E-state index contributed by atoms with van der Waals surface area (Å²) in [5.74, 6) is 0.0645. The van der Waals surface area contributed by atoms with Crippen molar-refractivity contribution < 1.29 is 14.3 Å². The van der Waals surface area contributed by atoms with Gasteiger partial charge in [0.2, 0.25) is 5.91 Å². The van der Waals surface area contributed by atoms with Crippen LogP contribution in [0.5, 0.6) is 5.75 Å². The number of hydrogen-bond acceptors (Lipinski definition) is 4. The highest BCUT2D eigenvalue weighted by atomic mass is 16.5. The molecular weight excluding hydrogens is 318 g/mol. The molecular formula is C19H21N3O3. The Labute approximate surface area is 146 Å². The summed E-state index contributed by atoms with van der Waals surface area (Å²) in [7, 11) is 0. The number of rotatable bonds is 5. The first kappa shape index (κ1) is 17.0. The number of benzene rings is 2. The number of nitrogens with zero attached hydrogens (tertiary/aromatic N) is 1. The first-order valence-electron chi connectivity index (χ1n) is 8.26. The van der Waals surface area contributed by atoms with Crippen LogP contribution in [-0.2, 0) is 9.59 Å². The van der Waals surface area contributed by atoms with E-state index >= 15 is 0 Å². The van der Waals surface area contributed by atoms with E-state index in [9.17, 15) is 9.59 Å². The van der Waals surface area contributed by atoms with Crippen LogP contribution in [0.4, 0.5) is 11.4 Å². The zero-order valence-corrected chi connectivity index (χ0v) is 14.1. The van der Waals surface area contributed by atoms with Gasteiger partial charge in [0.1, 0.15) is 12.3 Å². The van der Waals surface area contributed by atoms with Crippen LogP contribution in [-0.4, -0.2) is 25.0 Å². The van der Waals surface area contributed by atoms with E-state index in [4.69, 9.17) is 10.5 Å². The third-order valence-electron chi connectivity index (χ3n) is 4.15. The predicted molar refractivity (Wildman–Crippen MR) is 96.6 cm³/mol. The van der Waals surface area contributed by atoms with Crippen molar-refractivity contribution in [2.75, 3.05) is 23.4 Å². The van der Waals surface area contributed by atoms with Crippen LogP contribution in [0.1, 0.15) is 24.9 Å². The SMILES string of the molecule is CCC(N)c1ccc2c(c1)N(CC(=O)Nc1ccccc1)C(=O)CO2. The summed E-state index contributed by atoms with van der Waals surface area (Å²) in [6, 6.07) is 14.5. The molecule has 0 spiro atoms. The van der Waals surface area contributed by atoms with E-state index in [1.54, 1.807) is 18.2 Å². The minimum Gasteiger partial charge on any atom is -0.482 e. The summed E-state index contributed by atoms with van der Waals surface area (Å²) < 4.78 is 5.47. The molecule has 6 heteroatoms. The highest BCUT2D eigenvalue weighted by Gasteiger charge is 2.28. The van der Waals surface area contributed by atoms with Gasteiger partial charge in [-0.05, 0) is 36.2 Å². The van der Waals surface area contributed by atoms with Gasteiger partial charge >= 0.3 is 0 Å². The van der Waals surface area contributed by atoms with E-state index in [0.717, 1.165) is 12.0 Å². The first-order valence-corrected chi connectivity index (χ1v) is 8.26. The number of amides is 2. The maximum atomic E-state index is 12.3. The predicted octanol–water partition coefficient (Wildman–Crippen LogP) is 2.46. The van der Waals surface area contributed by atoms with Gasteiger partial charge in [-0.1, -0.05) is 31.2 Å². The Morgan fingerprint density at radius 3 is 2.76 bits per heavy atom. The minimum atomic E-state index is -0.266.